The highest BCUT2D eigenvalue weighted by atomic mass is 32.2. The molecule has 1 aliphatic carbocycles. The number of imide groups is 1. The summed E-state index contributed by atoms with van der Waals surface area (Å²) >= 11 is 2.95. The van der Waals surface area contributed by atoms with Crippen molar-refractivity contribution in [2.24, 2.45) is 0 Å². The van der Waals surface area contributed by atoms with Gasteiger partial charge in [-0.25, -0.2) is 4.79 Å². The van der Waals surface area contributed by atoms with E-state index in [-0.39, 0.29) is 5.91 Å². The molecule has 0 bridgehead atoms. The lowest BCUT2D eigenvalue weighted by Crippen LogP contribution is -2.42. The molecule has 3 rings (SSSR count). The van der Waals surface area contributed by atoms with Crippen LogP contribution >= 0.6 is 23.1 Å². The van der Waals surface area contributed by atoms with Crippen LogP contribution in [0, 0.1) is 0 Å². The smallest absolute Gasteiger partial charge is 0.321 e. The van der Waals surface area contributed by atoms with E-state index in [1.54, 1.807) is 25.2 Å². The van der Waals surface area contributed by atoms with Crippen molar-refractivity contribution in [3.8, 4) is 10.7 Å². The Hall–Kier alpha value is -1.87. The molecule has 128 valence electrons. The van der Waals surface area contributed by atoms with Gasteiger partial charge in [0.15, 0.2) is 11.0 Å². The molecule has 24 heavy (non-hydrogen) atoms. The molecule has 7 nitrogen and oxygen atoms in total. The van der Waals surface area contributed by atoms with Gasteiger partial charge >= 0.3 is 6.03 Å². The summed E-state index contributed by atoms with van der Waals surface area (Å²) in [6.07, 6.45) is 2.20. The Balaban J connectivity index is 1.73. The lowest BCUT2D eigenvalue weighted by molar-refractivity contribution is -0.119. The second-order valence-corrected chi connectivity index (χ2v) is 7.75. The number of nitrogens with zero attached hydrogens (tertiary/aromatic N) is 3. The summed E-state index contributed by atoms with van der Waals surface area (Å²) in [5.41, 5.74) is 0. The quantitative estimate of drug-likeness (QED) is 0.768. The summed E-state index contributed by atoms with van der Waals surface area (Å²) in [4.78, 5) is 24.7. The number of nitrogens with one attached hydrogen (secondary N) is 2. The van der Waals surface area contributed by atoms with Gasteiger partial charge in [-0.1, -0.05) is 17.8 Å². The molecule has 1 aliphatic rings. The molecule has 1 atom stereocenters. The van der Waals surface area contributed by atoms with E-state index in [2.05, 4.69) is 25.4 Å². The molecule has 0 spiro atoms. The Labute approximate surface area is 148 Å². The maximum Gasteiger partial charge on any atom is 0.321 e. The van der Waals surface area contributed by atoms with Crippen LogP contribution < -0.4 is 10.6 Å². The molecule has 1 saturated carbocycles. The van der Waals surface area contributed by atoms with Crippen LogP contribution in [0.25, 0.3) is 10.7 Å². The third kappa shape index (κ3) is 3.78. The number of thioether (sulfide) groups is 1. The highest BCUT2D eigenvalue weighted by Gasteiger charge is 2.31. The van der Waals surface area contributed by atoms with Crippen molar-refractivity contribution < 1.29 is 9.59 Å². The van der Waals surface area contributed by atoms with E-state index in [0.29, 0.717) is 12.6 Å². The van der Waals surface area contributed by atoms with E-state index in [1.165, 1.54) is 11.8 Å². The zero-order chi connectivity index (χ0) is 17.1. The van der Waals surface area contributed by atoms with Crippen LogP contribution in [0.1, 0.15) is 32.7 Å². The number of hydrogen-bond donors (Lipinski definition) is 2. The molecular weight excluding hydrogens is 346 g/mol. The minimum absolute atomic E-state index is 0.339. The Bertz CT molecular complexity index is 724. The average molecular weight is 365 g/mol. The van der Waals surface area contributed by atoms with Crippen LogP contribution in [0.5, 0.6) is 0 Å². The average Bonchev–Trinajstić information content (AvgIpc) is 3.08. The predicted molar refractivity (Wildman–Crippen MR) is 94.1 cm³/mol. The normalized spacial score (nSPS) is 15.1. The Morgan fingerprint density at radius 2 is 2.25 bits per heavy atom. The van der Waals surface area contributed by atoms with Gasteiger partial charge in [0.25, 0.3) is 0 Å². The second-order valence-electron chi connectivity index (χ2n) is 5.49. The van der Waals surface area contributed by atoms with E-state index in [9.17, 15) is 9.59 Å². The molecule has 0 saturated heterocycles. The first kappa shape index (κ1) is 17.0. The fourth-order valence-corrected chi connectivity index (χ4v) is 3.85. The minimum Gasteiger partial charge on any atom is -0.338 e. The second kappa shape index (κ2) is 7.35. The first-order valence-electron chi connectivity index (χ1n) is 7.84. The molecule has 9 heteroatoms. The topological polar surface area (TPSA) is 88.9 Å². The van der Waals surface area contributed by atoms with Crippen molar-refractivity contribution in [2.45, 2.75) is 43.1 Å². The summed E-state index contributed by atoms with van der Waals surface area (Å²) in [7, 11) is 0. The van der Waals surface area contributed by atoms with Crippen molar-refractivity contribution >= 4 is 35.0 Å². The maximum atomic E-state index is 12.1. The van der Waals surface area contributed by atoms with Crippen molar-refractivity contribution in [2.75, 3.05) is 6.54 Å². The maximum absolute atomic E-state index is 12.1. The largest absolute Gasteiger partial charge is 0.338 e. The van der Waals surface area contributed by atoms with Gasteiger partial charge in [0, 0.05) is 12.6 Å². The summed E-state index contributed by atoms with van der Waals surface area (Å²) in [5.74, 6) is 0.514. The van der Waals surface area contributed by atoms with Crippen molar-refractivity contribution in [3.05, 3.63) is 17.5 Å². The third-order valence-electron chi connectivity index (χ3n) is 3.54. The fourth-order valence-electron chi connectivity index (χ4n) is 2.22. The van der Waals surface area contributed by atoms with Crippen LogP contribution in [0.2, 0.25) is 0 Å². The van der Waals surface area contributed by atoms with Crippen LogP contribution in [-0.4, -0.2) is 38.5 Å². The first-order valence-corrected chi connectivity index (χ1v) is 9.60. The number of carbonyl (C=O) groups excluding carboxylic acids is 2. The van der Waals surface area contributed by atoms with Crippen LogP contribution in [0.4, 0.5) is 4.79 Å². The molecule has 0 aromatic carbocycles. The molecule has 2 heterocycles. The molecule has 0 aliphatic heterocycles. The molecule has 2 aromatic heterocycles. The van der Waals surface area contributed by atoms with E-state index in [1.807, 2.05) is 17.5 Å². The molecule has 2 N–H and O–H groups in total. The van der Waals surface area contributed by atoms with Gasteiger partial charge in [0.1, 0.15) is 0 Å². The summed E-state index contributed by atoms with van der Waals surface area (Å²) in [6.45, 7) is 4.03. The number of rotatable bonds is 6. The Morgan fingerprint density at radius 1 is 1.46 bits per heavy atom. The molecule has 0 unspecified atom stereocenters. The van der Waals surface area contributed by atoms with Crippen LogP contribution in [0.3, 0.4) is 0 Å². The van der Waals surface area contributed by atoms with E-state index < -0.39 is 11.3 Å². The molecule has 3 amide bonds. The fraction of sp³-hybridized carbons (Fsp3) is 0.467. The first-order chi connectivity index (χ1) is 11.6. The van der Waals surface area contributed by atoms with Gasteiger partial charge in [0.2, 0.25) is 5.91 Å². The van der Waals surface area contributed by atoms with Crippen molar-refractivity contribution in [3.63, 3.8) is 0 Å². The number of amides is 3. The number of aromatic nitrogens is 3. The lowest BCUT2D eigenvalue weighted by Gasteiger charge is -2.12. The zero-order valence-electron chi connectivity index (χ0n) is 13.5. The van der Waals surface area contributed by atoms with Gasteiger partial charge in [0.05, 0.1) is 10.1 Å². The molecule has 1 fully saturated rings. The van der Waals surface area contributed by atoms with Gasteiger partial charge < -0.3 is 5.32 Å². The van der Waals surface area contributed by atoms with Gasteiger partial charge in [-0.05, 0) is 38.1 Å². The summed E-state index contributed by atoms with van der Waals surface area (Å²) < 4.78 is 2.12. The standard InChI is InChI=1S/C15H19N5O2S2/c1-3-16-14(22)17-13(21)9(2)24-15-19-18-12(11-5-4-8-23-11)20(15)10-6-7-10/h4-5,8-10H,3,6-7H2,1-2H3,(H2,16,17,21,22)/t9-/m0/s1. The monoisotopic (exact) mass is 365 g/mol. The minimum atomic E-state index is -0.474. The number of hydrogen-bond acceptors (Lipinski definition) is 6. The summed E-state index contributed by atoms with van der Waals surface area (Å²) in [5, 5.41) is 15.8. The SMILES string of the molecule is CCNC(=O)NC(=O)[C@H](C)Sc1nnc(-c2cccs2)n1C1CC1. The summed E-state index contributed by atoms with van der Waals surface area (Å²) in [6, 6.07) is 3.94. The molecular formula is C15H19N5O2S2. The van der Waals surface area contributed by atoms with Gasteiger partial charge in [-0.15, -0.1) is 21.5 Å². The van der Waals surface area contributed by atoms with Crippen molar-refractivity contribution in [1.29, 1.82) is 0 Å². The van der Waals surface area contributed by atoms with Crippen molar-refractivity contribution in [1.82, 2.24) is 25.4 Å². The Morgan fingerprint density at radius 3 is 2.88 bits per heavy atom. The molecule has 0 radical (unpaired) electrons. The van der Waals surface area contributed by atoms with Gasteiger partial charge in [-0.2, -0.15) is 0 Å². The highest BCUT2D eigenvalue weighted by molar-refractivity contribution is 8.00. The van der Waals surface area contributed by atoms with Gasteiger partial charge in [-0.3, -0.25) is 14.7 Å². The Kier molecular flexibility index (Phi) is 5.20. The van der Waals surface area contributed by atoms with E-state index in [4.69, 9.17) is 0 Å². The van der Waals surface area contributed by atoms with Crippen LogP contribution in [0.15, 0.2) is 22.7 Å². The predicted octanol–water partition coefficient (Wildman–Crippen LogP) is 2.67. The van der Waals surface area contributed by atoms with E-state index >= 15 is 0 Å². The number of urea groups is 1. The zero-order valence-corrected chi connectivity index (χ0v) is 15.1. The highest BCUT2D eigenvalue weighted by Crippen LogP contribution is 2.42. The molecule has 2 aromatic rings. The third-order valence-corrected chi connectivity index (χ3v) is 5.47. The van der Waals surface area contributed by atoms with E-state index in [0.717, 1.165) is 28.7 Å². The lowest BCUT2D eigenvalue weighted by atomic mass is 10.4. The number of carbonyl (C=O) groups is 2. The number of thiophene rings is 1. The van der Waals surface area contributed by atoms with Crippen LogP contribution in [-0.2, 0) is 4.79 Å².